The lowest BCUT2D eigenvalue weighted by molar-refractivity contribution is -0.164. The Morgan fingerprint density at radius 3 is 2.64 bits per heavy atom. The van der Waals surface area contributed by atoms with Crippen LogP contribution in [0.4, 0.5) is 0 Å². The van der Waals surface area contributed by atoms with Crippen molar-refractivity contribution >= 4 is 11.9 Å². The molecule has 0 aliphatic carbocycles. The minimum Gasteiger partial charge on any atom is -0.468 e. The second kappa shape index (κ2) is 4.39. The first kappa shape index (κ1) is 10.9. The van der Waals surface area contributed by atoms with Gasteiger partial charge >= 0.3 is 11.9 Å². The summed E-state index contributed by atoms with van der Waals surface area (Å²) in [5, 5.41) is 1.33. The Hall–Kier alpha value is -1.14. The Bertz CT molecular complexity index is 242. The van der Waals surface area contributed by atoms with Crippen LogP contribution in [0, 0.1) is 0 Å². The van der Waals surface area contributed by atoms with Crippen molar-refractivity contribution in [3.8, 4) is 0 Å². The largest absolute Gasteiger partial charge is 0.468 e. The number of nitrogens with zero attached hydrogens (tertiary/aromatic N) is 1. The molecular formula is C8H13NO5. The highest BCUT2D eigenvalue weighted by molar-refractivity contribution is 5.77. The van der Waals surface area contributed by atoms with Crippen molar-refractivity contribution in [2.75, 3.05) is 20.8 Å². The van der Waals surface area contributed by atoms with Gasteiger partial charge in [0.15, 0.2) is 12.1 Å². The molecule has 2 atom stereocenters. The van der Waals surface area contributed by atoms with E-state index in [2.05, 4.69) is 4.74 Å². The third kappa shape index (κ3) is 2.21. The van der Waals surface area contributed by atoms with Crippen LogP contribution in [0.25, 0.3) is 0 Å². The number of methoxy groups -OCH3 is 1. The number of carbonyl (C=O) groups is 2. The van der Waals surface area contributed by atoms with Crippen LogP contribution in [0.5, 0.6) is 0 Å². The van der Waals surface area contributed by atoms with Gasteiger partial charge in [-0.05, 0) is 0 Å². The zero-order valence-electron chi connectivity index (χ0n) is 8.35. The van der Waals surface area contributed by atoms with Crippen molar-refractivity contribution in [2.24, 2.45) is 0 Å². The number of hydrogen-bond acceptors (Lipinski definition) is 6. The van der Waals surface area contributed by atoms with Crippen LogP contribution in [-0.2, 0) is 23.9 Å². The first-order valence-corrected chi connectivity index (χ1v) is 4.17. The zero-order chi connectivity index (χ0) is 10.7. The summed E-state index contributed by atoms with van der Waals surface area (Å²) in [6, 6.07) is -0.677. The normalized spacial score (nSPS) is 27.4. The Morgan fingerprint density at radius 2 is 2.14 bits per heavy atom. The standard InChI is InChI=1S/C8H13NO5/c1-5(10)14-6-4-13-9(2)7(6)8(11)12-3/h6-7H,4H2,1-3H3/t6-,7-/m0/s1. The van der Waals surface area contributed by atoms with Crippen molar-refractivity contribution < 1.29 is 23.9 Å². The van der Waals surface area contributed by atoms with Crippen LogP contribution in [0.3, 0.4) is 0 Å². The smallest absolute Gasteiger partial charge is 0.329 e. The summed E-state index contributed by atoms with van der Waals surface area (Å²) in [6.45, 7) is 1.46. The zero-order valence-corrected chi connectivity index (χ0v) is 8.35. The van der Waals surface area contributed by atoms with Gasteiger partial charge < -0.3 is 9.47 Å². The number of esters is 2. The lowest BCUT2D eigenvalue weighted by Crippen LogP contribution is -2.42. The van der Waals surface area contributed by atoms with Gasteiger partial charge in [0, 0.05) is 14.0 Å². The quantitative estimate of drug-likeness (QED) is 0.555. The molecule has 14 heavy (non-hydrogen) atoms. The number of hydrogen-bond donors (Lipinski definition) is 0. The number of likely N-dealkylation sites (N-methyl/N-ethyl adjacent to an activating group) is 1. The van der Waals surface area contributed by atoms with E-state index in [9.17, 15) is 9.59 Å². The van der Waals surface area contributed by atoms with E-state index >= 15 is 0 Å². The third-order valence-corrected chi connectivity index (χ3v) is 1.95. The van der Waals surface area contributed by atoms with Crippen LogP contribution in [0.1, 0.15) is 6.92 Å². The van der Waals surface area contributed by atoms with Crippen molar-refractivity contribution in [2.45, 2.75) is 19.1 Å². The van der Waals surface area contributed by atoms with E-state index in [4.69, 9.17) is 9.57 Å². The number of hydroxylamine groups is 2. The lowest BCUT2D eigenvalue weighted by atomic mass is 10.2. The SMILES string of the molecule is COC(=O)[C@@H]1[C@@H](OC(C)=O)CON1C. The van der Waals surface area contributed by atoms with Crippen molar-refractivity contribution in [3.63, 3.8) is 0 Å². The van der Waals surface area contributed by atoms with Crippen LogP contribution < -0.4 is 0 Å². The maximum atomic E-state index is 11.3. The predicted octanol–water partition coefficient (Wildman–Crippen LogP) is -0.663. The van der Waals surface area contributed by atoms with Crippen LogP contribution in [0.2, 0.25) is 0 Å². The van der Waals surface area contributed by atoms with Gasteiger partial charge in [-0.15, -0.1) is 0 Å². The molecule has 0 aromatic heterocycles. The molecule has 1 fully saturated rings. The highest BCUT2D eigenvalue weighted by Gasteiger charge is 2.41. The highest BCUT2D eigenvalue weighted by atomic mass is 16.7. The second-order valence-electron chi connectivity index (χ2n) is 2.96. The molecule has 0 amide bonds. The molecule has 1 saturated heterocycles. The van der Waals surface area contributed by atoms with Crippen molar-refractivity contribution in [1.29, 1.82) is 0 Å². The minimum atomic E-state index is -0.677. The molecule has 1 heterocycles. The highest BCUT2D eigenvalue weighted by Crippen LogP contribution is 2.17. The molecule has 0 spiro atoms. The molecule has 1 rings (SSSR count). The van der Waals surface area contributed by atoms with Gasteiger partial charge in [-0.25, -0.2) is 0 Å². The van der Waals surface area contributed by atoms with Gasteiger partial charge in [-0.3, -0.25) is 14.4 Å². The average Bonchev–Trinajstić information content (AvgIpc) is 2.45. The summed E-state index contributed by atoms with van der Waals surface area (Å²) in [5.74, 6) is -0.918. The summed E-state index contributed by atoms with van der Waals surface area (Å²) < 4.78 is 9.48. The molecular weight excluding hydrogens is 190 g/mol. The number of ether oxygens (including phenoxy) is 2. The second-order valence-corrected chi connectivity index (χ2v) is 2.96. The molecule has 0 saturated carbocycles. The van der Waals surface area contributed by atoms with Crippen LogP contribution >= 0.6 is 0 Å². The van der Waals surface area contributed by atoms with Gasteiger partial charge in [0.25, 0.3) is 0 Å². The Kier molecular flexibility index (Phi) is 3.43. The average molecular weight is 203 g/mol. The van der Waals surface area contributed by atoms with E-state index in [1.807, 2.05) is 0 Å². The van der Waals surface area contributed by atoms with Gasteiger partial charge in [-0.2, -0.15) is 5.06 Å². The van der Waals surface area contributed by atoms with E-state index in [1.54, 1.807) is 7.05 Å². The van der Waals surface area contributed by atoms with E-state index in [1.165, 1.54) is 19.1 Å². The fourth-order valence-electron chi connectivity index (χ4n) is 1.33. The molecule has 0 aromatic carbocycles. The summed E-state index contributed by atoms with van der Waals surface area (Å²) in [4.78, 5) is 27.1. The van der Waals surface area contributed by atoms with Gasteiger partial charge in [0.1, 0.15) is 6.61 Å². The van der Waals surface area contributed by atoms with E-state index in [0.29, 0.717) is 0 Å². The molecule has 0 bridgehead atoms. The fraction of sp³-hybridized carbons (Fsp3) is 0.750. The topological polar surface area (TPSA) is 65.1 Å². The molecule has 1 aliphatic rings. The van der Waals surface area contributed by atoms with Gasteiger partial charge in [0.05, 0.1) is 7.11 Å². The fourth-order valence-corrected chi connectivity index (χ4v) is 1.33. The molecule has 0 radical (unpaired) electrons. The number of rotatable bonds is 2. The van der Waals surface area contributed by atoms with Crippen LogP contribution in [-0.4, -0.2) is 49.9 Å². The molecule has 6 heteroatoms. The van der Waals surface area contributed by atoms with Crippen molar-refractivity contribution in [3.05, 3.63) is 0 Å². The molecule has 0 unspecified atom stereocenters. The Balaban J connectivity index is 2.66. The maximum Gasteiger partial charge on any atom is 0.329 e. The monoisotopic (exact) mass is 203 g/mol. The summed E-state index contributed by atoms with van der Waals surface area (Å²) >= 11 is 0. The first-order valence-electron chi connectivity index (χ1n) is 4.17. The summed E-state index contributed by atoms with van der Waals surface area (Å²) in [6.07, 6.45) is -0.593. The molecule has 6 nitrogen and oxygen atoms in total. The predicted molar refractivity (Wildman–Crippen MR) is 45.1 cm³/mol. The molecule has 1 aliphatic heterocycles. The third-order valence-electron chi connectivity index (χ3n) is 1.95. The maximum absolute atomic E-state index is 11.3. The Labute approximate surface area is 81.7 Å². The van der Waals surface area contributed by atoms with Gasteiger partial charge in [-0.1, -0.05) is 0 Å². The minimum absolute atomic E-state index is 0.176. The van der Waals surface area contributed by atoms with Crippen molar-refractivity contribution in [1.82, 2.24) is 5.06 Å². The molecule has 0 N–H and O–H groups in total. The van der Waals surface area contributed by atoms with E-state index in [-0.39, 0.29) is 6.61 Å². The lowest BCUT2D eigenvalue weighted by Gasteiger charge is -2.18. The Morgan fingerprint density at radius 1 is 1.50 bits per heavy atom. The summed E-state index contributed by atoms with van der Waals surface area (Å²) in [5.41, 5.74) is 0. The molecule has 0 aromatic rings. The first-order chi connectivity index (χ1) is 6.56. The number of carbonyl (C=O) groups excluding carboxylic acids is 2. The molecule has 80 valence electrons. The van der Waals surface area contributed by atoms with Gasteiger partial charge in [0.2, 0.25) is 0 Å². The van der Waals surface area contributed by atoms with E-state index < -0.39 is 24.1 Å². The van der Waals surface area contributed by atoms with Crippen LogP contribution in [0.15, 0.2) is 0 Å². The van der Waals surface area contributed by atoms with E-state index in [0.717, 1.165) is 0 Å². The summed E-state index contributed by atoms with van der Waals surface area (Å²) in [7, 11) is 2.87.